The van der Waals surface area contributed by atoms with Crippen LogP contribution in [-0.4, -0.2) is 29.2 Å². The van der Waals surface area contributed by atoms with Gasteiger partial charge in [-0.2, -0.15) is 4.99 Å². The average Bonchev–Trinajstić information content (AvgIpc) is 2.85. The summed E-state index contributed by atoms with van der Waals surface area (Å²) in [6, 6.07) is 7.52. The van der Waals surface area contributed by atoms with Gasteiger partial charge in [0.05, 0.1) is 0 Å². The van der Waals surface area contributed by atoms with E-state index in [0.717, 1.165) is 15.6 Å². The molecule has 7 heteroatoms. The van der Waals surface area contributed by atoms with Crippen LogP contribution in [0.2, 0.25) is 5.02 Å². The smallest absolute Gasteiger partial charge is 0.222 e. The minimum absolute atomic E-state index is 0.209. The molecule has 0 saturated carbocycles. The number of thioether (sulfide) groups is 1. The molecule has 0 aromatic heterocycles. The van der Waals surface area contributed by atoms with Crippen LogP contribution in [0.3, 0.4) is 0 Å². The third-order valence-corrected chi connectivity index (χ3v) is 4.11. The number of nitrogens with zero attached hydrogens (tertiary/aromatic N) is 4. The van der Waals surface area contributed by atoms with E-state index in [1.807, 2.05) is 24.3 Å². The minimum atomic E-state index is -0.209. The molecule has 2 aliphatic rings. The molecule has 0 spiro atoms. The summed E-state index contributed by atoms with van der Waals surface area (Å²) in [6.07, 6.45) is 1.49. The number of nitrogens with two attached hydrogens (primary N) is 1. The Balaban J connectivity index is 1.77. The first-order valence-electron chi connectivity index (χ1n) is 5.62. The fourth-order valence-corrected chi connectivity index (χ4v) is 3.07. The molecule has 5 nitrogen and oxygen atoms in total. The molecule has 1 aromatic rings. The topological polar surface area (TPSA) is 75.5 Å². The summed E-state index contributed by atoms with van der Waals surface area (Å²) in [5, 5.41) is 1.55. The Morgan fingerprint density at radius 3 is 2.95 bits per heavy atom. The van der Waals surface area contributed by atoms with Crippen molar-refractivity contribution in [3.63, 3.8) is 0 Å². The second-order valence-corrected chi connectivity index (χ2v) is 5.36. The summed E-state index contributed by atoms with van der Waals surface area (Å²) in [5.41, 5.74) is 6.72. The van der Waals surface area contributed by atoms with E-state index in [4.69, 9.17) is 17.3 Å². The molecule has 2 aliphatic heterocycles. The summed E-state index contributed by atoms with van der Waals surface area (Å²) < 4.78 is 0. The molecular weight excluding hydrogens is 282 g/mol. The van der Waals surface area contributed by atoms with E-state index in [0.29, 0.717) is 11.6 Å². The van der Waals surface area contributed by atoms with Gasteiger partial charge >= 0.3 is 0 Å². The molecule has 0 bridgehead atoms. The molecule has 0 radical (unpaired) electrons. The Morgan fingerprint density at radius 1 is 1.26 bits per heavy atom. The standard InChI is InChI=1S/C12H10ClN5S/c13-8-4-2-1-3-7(8)5-19-11-9-10(16-6-15-9)17-12(14)18-11/h1-4,6,9H,5H2,(H2,14,15,16,17). The maximum absolute atomic E-state index is 6.13. The van der Waals surface area contributed by atoms with E-state index in [2.05, 4.69) is 20.0 Å². The highest BCUT2D eigenvalue weighted by Gasteiger charge is 2.28. The second kappa shape index (κ2) is 5.14. The highest BCUT2D eigenvalue weighted by Crippen LogP contribution is 2.25. The van der Waals surface area contributed by atoms with Crippen molar-refractivity contribution in [2.24, 2.45) is 25.7 Å². The van der Waals surface area contributed by atoms with Gasteiger partial charge in [0, 0.05) is 10.8 Å². The predicted molar refractivity (Wildman–Crippen MR) is 81.5 cm³/mol. The lowest BCUT2D eigenvalue weighted by molar-refractivity contribution is 1.15. The van der Waals surface area contributed by atoms with E-state index in [-0.39, 0.29) is 12.0 Å². The van der Waals surface area contributed by atoms with Crippen molar-refractivity contribution in [2.45, 2.75) is 11.8 Å². The molecule has 1 atom stereocenters. The molecule has 0 aliphatic carbocycles. The zero-order valence-electron chi connectivity index (χ0n) is 9.82. The molecule has 19 heavy (non-hydrogen) atoms. The fourth-order valence-electron chi connectivity index (χ4n) is 1.76. The molecule has 0 fully saturated rings. The summed E-state index contributed by atoms with van der Waals surface area (Å²) >= 11 is 7.68. The number of amidine groups is 1. The molecule has 2 heterocycles. The van der Waals surface area contributed by atoms with Crippen LogP contribution < -0.4 is 5.73 Å². The predicted octanol–water partition coefficient (Wildman–Crippen LogP) is 2.11. The van der Waals surface area contributed by atoms with E-state index in [1.54, 1.807) is 11.8 Å². The van der Waals surface area contributed by atoms with Gasteiger partial charge in [-0.1, -0.05) is 29.8 Å². The fraction of sp³-hybridized carbons (Fsp3) is 0.167. The van der Waals surface area contributed by atoms with Gasteiger partial charge in [0.15, 0.2) is 11.9 Å². The lowest BCUT2D eigenvalue weighted by Gasteiger charge is -2.15. The number of rotatable bonds is 2. The normalized spacial score (nSPS) is 20.7. The summed E-state index contributed by atoms with van der Waals surface area (Å²) in [7, 11) is 0. The van der Waals surface area contributed by atoms with Crippen molar-refractivity contribution in [3.8, 4) is 0 Å². The number of guanidine groups is 1. The van der Waals surface area contributed by atoms with Crippen LogP contribution >= 0.6 is 23.4 Å². The van der Waals surface area contributed by atoms with Gasteiger partial charge in [0.1, 0.15) is 11.4 Å². The van der Waals surface area contributed by atoms with Gasteiger partial charge in [-0.05, 0) is 11.6 Å². The number of fused-ring (bicyclic) bond motifs is 1. The Bertz CT molecular complexity index is 635. The van der Waals surface area contributed by atoms with Crippen molar-refractivity contribution in [3.05, 3.63) is 34.9 Å². The SMILES string of the molecule is NC1=NC2=NC=NC2C(SCc2ccccc2Cl)=N1. The van der Waals surface area contributed by atoms with E-state index < -0.39 is 0 Å². The van der Waals surface area contributed by atoms with Crippen molar-refractivity contribution >= 4 is 46.5 Å². The molecule has 96 valence electrons. The number of hydrogen-bond donors (Lipinski definition) is 1. The van der Waals surface area contributed by atoms with E-state index >= 15 is 0 Å². The van der Waals surface area contributed by atoms with Gasteiger partial charge in [-0.3, -0.25) is 4.99 Å². The molecule has 0 amide bonds. The number of aliphatic imine (C=N–C) groups is 4. The van der Waals surface area contributed by atoms with Gasteiger partial charge in [0.2, 0.25) is 5.96 Å². The van der Waals surface area contributed by atoms with Crippen LogP contribution in [0.25, 0.3) is 0 Å². The number of halogens is 1. The minimum Gasteiger partial charge on any atom is -0.368 e. The molecule has 3 rings (SSSR count). The largest absolute Gasteiger partial charge is 0.368 e. The van der Waals surface area contributed by atoms with Gasteiger partial charge < -0.3 is 5.73 Å². The van der Waals surface area contributed by atoms with Crippen molar-refractivity contribution in [1.29, 1.82) is 0 Å². The van der Waals surface area contributed by atoms with Gasteiger partial charge in [-0.25, -0.2) is 9.98 Å². The van der Waals surface area contributed by atoms with Crippen LogP contribution in [0.1, 0.15) is 5.56 Å². The first kappa shape index (κ1) is 12.4. The number of hydrogen-bond acceptors (Lipinski definition) is 6. The lowest BCUT2D eigenvalue weighted by Crippen LogP contribution is -2.31. The summed E-state index contributed by atoms with van der Waals surface area (Å²) in [6.45, 7) is 0. The maximum Gasteiger partial charge on any atom is 0.222 e. The van der Waals surface area contributed by atoms with Crippen LogP contribution in [0.4, 0.5) is 0 Å². The highest BCUT2D eigenvalue weighted by atomic mass is 35.5. The quantitative estimate of drug-likeness (QED) is 0.906. The Labute approximate surface area is 119 Å². The van der Waals surface area contributed by atoms with Crippen LogP contribution in [0.5, 0.6) is 0 Å². The van der Waals surface area contributed by atoms with Crippen molar-refractivity contribution < 1.29 is 0 Å². The maximum atomic E-state index is 6.13. The summed E-state index contributed by atoms with van der Waals surface area (Å²) in [4.78, 5) is 16.6. The van der Waals surface area contributed by atoms with Crippen molar-refractivity contribution in [2.75, 3.05) is 0 Å². The zero-order chi connectivity index (χ0) is 13.2. The summed E-state index contributed by atoms with van der Waals surface area (Å²) in [5.74, 6) is 1.54. The molecule has 1 aromatic carbocycles. The number of benzene rings is 1. The molecule has 1 unspecified atom stereocenters. The van der Waals surface area contributed by atoms with Crippen LogP contribution in [-0.2, 0) is 5.75 Å². The monoisotopic (exact) mass is 291 g/mol. The second-order valence-electron chi connectivity index (χ2n) is 3.95. The van der Waals surface area contributed by atoms with Gasteiger partial charge in [-0.15, -0.1) is 11.8 Å². The first-order chi connectivity index (χ1) is 9.24. The Hall–Kier alpha value is -1.66. The Kier molecular flexibility index (Phi) is 3.35. The third-order valence-electron chi connectivity index (χ3n) is 2.67. The third kappa shape index (κ3) is 2.54. The van der Waals surface area contributed by atoms with E-state index in [1.165, 1.54) is 6.34 Å². The van der Waals surface area contributed by atoms with Gasteiger partial charge in [0.25, 0.3) is 0 Å². The lowest BCUT2D eigenvalue weighted by atomic mass is 10.2. The zero-order valence-corrected chi connectivity index (χ0v) is 11.4. The van der Waals surface area contributed by atoms with E-state index in [9.17, 15) is 0 Å². The average molecular weight is 292 g/mol. The molecule has 0 saturated heterocycles. The van der Waals surface area contributed by atoms with Crippen LogP contribution in [0, 0.1) is 0 Å². The first-order valence-corrected chi connectivity index (χ1v) is 6.98. The van der Waals surface area contributed by atoms with Crippen LogP contribution in [0.15, 0.2) is 44.2 Å². The molecular formula is C12H10ClN5S. The Morgan fingerprint density at radius 2 is 2.11 bits per heavy atom. The molecule has 2 N–H and O–H groups in total. The highest BCUT2D eigenvalue weighted by molar-refractivity contribution is 8.13. The van der Waals surface area contributed by atoms with Crippen molar-refractivity contribution in [1.82, 2.24) is 0 Å².